The zero-order valence-electron chi connectivity index (χ0n) is 11.2. The predicted octanol–water partition coefficient (Wildman–Crippen LogP) is 0.505. The van der Waals surface area contributed by atoms with E-state index in [1.54, 1.807) is 0 Å². The van der Waals surface area contributed by atoms with E-state index in [-0.39, 0.29) is 11.5 Å². The molecule has 1 fully saturated rings. The van der Waals surface area contributed by atoms with Gasteiger partial charge in [0.1, 0.15) is 11.6 Å². The molecule has 0 spiro atoms. The Morgan fingerprint density at radius 1 is 1.55 bits per heavy atom. The smallest absolute Gasteiger partial charge is 0.306 e. The molecule has 1 aromatic rings. The van der Waals surface area contributed by atoms with E-state index in [0.29, 0.717) is 44.0 Å². The van der Waals surface area contributed by atoms with Gasteiger partial charge in [0, 0.05) is 13.1 Å². The summed E-state index contributed by atoms with van der Waals surface area (Å²) in [6.07, 6.45) is 1.56. The molecule has 1 aliphatic rings. The molecule has 106 valence electrons. The van der Waals surface area contributed by atoms with Crippen LogP contribution in [0, 0.1) is 17.2 Å². The lowest BCUT2D eigenvalue weighted by Crippen LogP contribution is -2.38. The minimum Gasteiger partial charge on any atom is -0.481 e. The molecule has 0 aliphatic carbocycles. The van der Waals surface area contributed by atoms with Crippen molar-refractivity contribution in [3.8, 4) is 6.07 Å². The highest BCUT2D eigenvalue weighted by Crippen LogP contribution is 2.20. The number of nitrogens with one attached hydrogen (secondary N) is 1. The molecule has 7 nitrogen and oxygen atoms in total. The molecular weight excluding hydrogens is 260 g/mol. The van der Waals surface area contributed by atoms with Crippen LogP contribution in [0.3, 0.4) is 0 Å². The molecule has 0 unspecified atom stereocenters. The number of nitrogens with zero attached hydrogens (tertiary/aromatic N) is 3. The number of nitriles is 1. The Bertz CT molecular complexity index is 609. The number of piperidine rings is 1. The lowest BCUT2D eigenvalue weighted by molar-refractivity contribution is -0.142. The van der Waals surface area contributed by atoms with E-state index in [1.165, 1.54) is 0 Å². The van der Waals surface area contributed by atoms with Crippen molar-refractivity contribution < 1.29 is 9.90 Å². The normalized spacial score (nSPS) is 15.9. The minimum atomic E-state index is -0.778. The Hall–Kier alpha value is -2.36. The second-order valence-corrected chi connectivity index (χ2v) is 4.78. The first-order valence-electron chi connectivity index (χ1n) is 6.57. The Morgan fingerprint density at radius 3 is 2.70 bits per heavy atom. The molecule has 2 rings (SSSR count). The topological polar surface area (TPSA) is 110 Å². The van der Waals surface area contributed by atoms with Crippen LogP contribution in [0.1, 0.15) is 31.0 Å². The van der Waals surface area contributed by atoms with Crippen LogP contribution in [0.4, 0.5) is 5.95 Å². The Balaban J connectivity index is 2.23. The average Bonchev–Trinajstić information content (AvgIpc) is 2.46. The van der Waals surface area contributed by atoms with Gasteiger partial charge in [-0.25, -0.2) is 4.98 Å². The van der Waals surface area contributed by atoms with Crippen molar-refractivity contribution >= 4 is 11.9 Å². The fraction of sp³-hybridized carbons (Fsp3) is 0.538. The maximum atomic E-state index is 11.8. The van der Waals surface area contributed by atoms with E-state index in [4.69, 9.17) is 10.4 Å². The summed E-state index contributed by atoms with van der Waals surface area (Å²) in [6.45, 7) is 2.91. The second-order valence-electron chi connectivity index (χ2n) is 4.78. The molecule has 1 aromatic heterocycles. The summed E-state index contributed by atoms with van der Waals surface area (Å²) in [5.74, 6) is -0.683. The number of aromatic nitrogens is 2. The van der Waals surface area contributed by atoms with Crippen molar-refractivity contribution in [2.24, 2.45) is 5.92 Å². The number of carboxylic acid groups (broad SMARTS) is 1. The molecule has 0 saturated carbocycles. The number of aromatic amines is 1. The molecule has 0 bridgehead atoms. The molecule has 0 atom stereocenters. The van der Waals surface area contributed by atoms with Crippen LogP contribution in [0.5, 0.6) is 0 Å². The SMILES string of the molecule is CCc1nc(N2CCC(C(=O)O)CC2)[nH]c(=O)c1C#N. The molecule has 20 heavy (non-hydrogen) atoms. The zero-order chi connectivity index (χ0) is 14.7. The van der Waals surface area contributed by atoms with Gasteiger partial charge in [-0.15, -0.1) is 0 Å². The number of hydrogen-bond donors (Lipinski definition) is 2. The van der Waals surface area contributed by atoms with Crippen molar-refractivity contribution in [1.82, 2.24) is 9.97 Å². The zero-order valence-corrected chi connectivity index (χ0v) is 11.2. The largest absolute Gasteiger partial charge is 0.481 e. The molecule has 1 saturated heterocycles. The molecule has 1 aliphatic heterocycles. The summed E-state index contributed by atoms with van der Waals surface area (Å²) in [5, 5.41) is 17.9. The molecule has 0 amide bonds. The third-order valence-corrected chi connectivity index (χ3v) is 3.57. The molecule has 0 radical (unpaired) electrons. The van der Waals surface area contributed by atoms with E-state index >= 15 is 0 Å². The molecule has 2 N–H and O–H groups in total. The van der Waals surface area contributed by atoms with Gasteiger partial charge in [-0.2, -0.15) is 5.26 Å². The van der Waals surface area contributed by atoms with Crippen LogP contribution in [-0.4, -0.2) is 34.1 Å². The van der Waals surface area contributed by atoms with E-state index < -0.39 is 11.5 Å². The van der Waals surface area contributed by atoms with Gasteiger partial charge >= 0.3 is 5.97 Å². The standard InChI is InChI=1S/C13H16N4O3/c1-2-10-9(7-14)11(18)16-13(15-10)17-5-3-8(4-6-17)12(19)20/h8H,2-6H2,1H3,(H,19,20)(H,15,16,18). The minimum absolute atomic E-state index is 0.0525. The van der Waals surface area contributed by atoms with Crippen LogP contribution < -0.4 is 10.5 Å². The number of hydrogen-bond acceptors (Lipinski definition) is 5. The van der Waals surface area contributed by atoms with Crippen molar-refractivity contribution in [2.45, 2.75) is 26.2 Å². The lowest BCUT2D eigenvalue weighted by atomic mass is 9.97. The lowest BCUT2D eigenvalue weighted by Gasteiger charge is -2.30. The summed E-state index contributed by atoms with van der Waals surface area (Å²) in [4.78, 5) is 31.5. The van der Waals surface area contributed by atoms with Gasteiger partial charge in [0.25, 0.3) is 5.56 Å². The van der Waals surface area contributed by atoms with Crippen molar-refractivity contribution in [3.63, 3.8) is 0 Å². The van der Waals surface area contributed by atoms with Gasteiger partial charge < -0.3 is 10.0 Å². The van der Waals surface area contributed by atoms with E-state index in [1.807, 2.05) is 17.9 Å². The summed E-state index contributed by atoms with van der Waals surface area (Å²) in [5.41, 5.74) is 0.0954. The quantitative estimate of drug-likeness (QED) is 0.832. The first-order chi connectivity index (χ1) is 9.56. The summed E-state index contributed by atoms with van der Waals surface area (Å²) >= 11 is 0. The average molecular weight is 276 g/mol. The van der Waals surface area contributed by atoms with E-state index in [2.05, 4.69) is 9.97 Å². The fourth-order valence-electron chi connectivity index (χ4n) is 2.37. The van der Waals surface area contributed by atoms with Crippen LogP contribution in [0.2, 0.25) is 0 Å². The Labute approximate surface area is 115 Å². The summed E-state index contributed by atoms with van der Waals surface area (Å²) in [6, 6.07) is 1.86. The summed E-state index contributed by atoms with van der Waals surface area (Å²) < 4.78 is 0. The Morgan fingerprint density at radius 2 is 2.20 bits per heavy atom. The van der Waals surface area contributed by atoms with Crippen LogP contribution in [0.25, 0.3) is 0 Å². The first-order valence-corrected chi connectivity index (χ1v) is 6.57. The van der Waals surface area contributed by atoms with Crippen LogP contribution in [0.15, 0.2) is 4.79 Å². The third-order valence-electron chi connectivity index (χ3n) is 3.57. The highest BCUT2D eigenvalue weighted by molar-refractivity contribution is 5.70. The number of rotatable bonds is 3. The first kappa shape index (κ1) is 14.1. The fourth-order valence-corrected chi connectivity index (χ4v) is 2.37. The van der Waals surface area contributed by atoms with Gasteiger partial charge in [-0.1, -0.05) is 6.92 Å². The predicted molar refractivity (Wildman–Crippen MR) is 71.5 cm³/mol. The monoisotopic (exact) mass is 276 g/mol. The van der Waals surface area contributed by atoms with Gasteiger partial charge in [0.2, 0.25) is 5.95 Å². The second kappa shape index (κ2) is 5.74. The van der Waals surface area contributed by atoms with Crippen molar-refractivity contribution in [2.75, 3.05) is 18.0 Å². The van der Waals surface area contributed by atoms with Crippen molar-refractivity contribution in [1.29, 1.82) is 5.26 Å². The molecule has 0 aromatic carbocycles. The van der Waals surface area contributed by atoms with Crippen molar-refractivity contribution in [3.05, 3.63) is 21.6 Å². The number of aliphatic carboxylic acids is 1. The maximum absolute atomic E-state index is 11.8. The van der Waals surface area contributed by atoms with Crippen LogP contribution >= 0.6 is 0 Å². The number of H-pyrrole nitrogens is 1. The maximum Gasteiger partial charge on any atom is 0.306 e. The number of aryl methyl sites for hydroxylation is 1. The molecule has 7 heteroatoms. The summed E-state index contributed by atoms with van der Waals surface area (Å²) in [7, 11) is 0. The number of carbonyl (C=O) groups is 1. The highest BCUT2D eigenvalue weighted by atomic mass is 16.4. The Kier molecular flexibility index (Phi) is 4.03. The van der Waals surface area contributed by atoms with E-state index in [9.17, 15) is 9.59 Å². The third kappa shape index (κ3) is 2.64. The van der Waals surface area contributed by atoms with Gasteiger partial charge in [0.05, 0.1) is 11.6 Å². The van der Waals surface area contributed by atoms with Gasteiger partial charge in [-0.3, -0.25) is 14.6 Å². The number of carboxylic acids is 1. The molecule has 2 heterocycles. The highest BCUT2D eigenvalue weighted by Gasteiger charge is 2.26. The van der Waals surface area contributed by atoms with Crippen LogP contribution in [-0.2, 0) is 11.2 Å². The van der Waals surface area contributed by atoms with E-state index in [0.717, 1.165) is 0 Å². The molecular formula is C13H16N4O3. The van der Waals surface area contributed by atoms with Gasteiger partial charge in [0.15, 0.2) is 0 Å². The number of anilines is 1. The van der Waals surface area contributed by atoms with Gasteiger partial charge in [-0.05, 0) is 19.3 Å².